The van der Waals surface area contributed by atoms with E-state index in [9.17, 15) is 18.9 Å². The van der Waals surface area contributed by atoms with E-state index in [1.54, 1.807) is 0 Å². The lowest BCUT2D eigenvalue weighted by Crippen LogP contribution is -2.02. The molecule has 0 aliphatic rings. The topological polar surface area (TPSA) is 52.4 Å². The van der Waals surface area contributed by atoms with Gasteiger partial charge in [0.05, 0.1) is 11.0 Å². The Morgan fingerprint density at radius 3 is 2.85 bits per heavy atom. The highest BCUT2D eigenvalue weighted by molar-refractivity contribution is 5.37. The first-order chi connectivity index (χ1) is 6.09. The summed E-state index contributed by atoms with van der Waals surface area (Å²) < 4.78 is 27.2. The highest BCUT2D eigenvalue weighted by Crippen LogP contribution is 2.19. The summed E-state index contributed by atoms with van der Waals surface area (Å²) in [6, 6.07) is 5.46. The maximum absolute atomic E-state index is 11.6. The van der Waals surface area contributed by atoms with Crippen LogP contribution in [-0.4, -0.2) is 11.5 Å². The average molecular weight is 188 g/mol. The number of rotatable bonds is 3. The van der Waals surface area contributed by atoms with Crippen LogP contribution in [0.3, 0.4) is 0 Å². The second-order valence-corrected chi connectivity index (χ2v) is 2.05. The van der Waals surface area contributed by atoms with Crippen LogP contribution in [0.4, 0.5) is 14.5 Å². The molecule has 69 valence electrons. The second kappa shape index (κ2) is 3.79. The van der Waals surface area contributed by atoms with Crippen molar-refractivity contribution in [2.45, 2.75) is 6.61 Å². The number of ether oxygens (including phenoxy) is 1. The van der Waals surface area contributed by atoms with Crippen LogP contribution in [0.1, 0.15) is 0 Å². The van der Waals surface area contributed by atoms with E-state index >= 15 is 0 Å². The molecule has 6 heteroatoms. The molecule has 0 unspecified atom stereocenters. The molecule has 0 atom stereocenters. The Morgan fingerprint density at radius 2 is 2.31 bits per heavy atom. The van der Waals surface area contributed by atoms with Gasteiger partial charge in [-0.25, -0.2) is 0 Å². The summed E-state index contributed by atoms with van der Waals surface area (Å²) in [7, 11) is 0. The van der Waals surface area contributed by atoms with Gasteiger partial charge >= 0.3 is 6.61 Å². The lowest BCUT2D eigenvalue weighted by Gasteiger charge is -2.02. The third-order valence-electron chi connectivity index (χ3n) is 1.19. The summed E-state index contributed by atoms with van der Waals surface area (Å²) in [5.74, 6) is -0.343. The number of benzene rings is 1. The first-order valence-corrected chi connectivity index (χ1v) is 3.20. The van der Waals surface area contributed by atoms with Crippen LogP contribution in [-0.2, 0) is 0 Å². The predicted octanol–water partition coefficient (Wildman–Crippen LogP) is 2.00. The zero-order valence-corrected chi connectivity index (χ0v) is 6.24. The van der Waals surface area contributed by atoms with Gasteiger partial charge in [-0.15, -0.1) is 0 Å². The number of nitrogens with zero attached hydrogens (tertiary/aromatic N) is 1. The Hall–Kier alpha value is -1.72. The molecule has 0 saturated heterocycles. The molecule has 1 rings (SSSR count). The molecular weight excluding hydrogens is 184 g/mol. The molecule has 1 radical (unpaired) electrons. The minimum atomic E-state index is -3.00. The van der Waals surface area contributed by atoms with Crippen molar-refractivity contribution in [3.8, 4) is 5.75 Å². The summed E-state index contributed by atoms with van der Waals surface area (Å²) in [5, 5.41) is 10.2. The molecule has 0 fully saturated rings. The van der Waals surface area contributed by atoms with Gasteiger partial charge in [0, 0.05) is 12.1 Å². The smallest absolute Gasteiger partial charge is 0.387 e. The summed E-state index contributed by atoms with van der Waals surface area (Å²) in [6.45, 7) is -3.00. The molecule has 0 aliphatic carbocycles. The van der Waals surface area contributed by atoms with E-state index < -0.39 is 11.5 Å². The molecule has 0 bridgehead atoms. The van der Waals surface area contributed by atoms with Gasteiger partial charge in [-0.2, -0.15) is 8.78 Å². The number of halogens is 2. The zero-order chi connectivity index (χ0) is 9.84. The van der Waals surface area contributed by atoms with E-state index in [1.807, 2.05) is 0 Å². The van der Waals surface area contributed by atoms with Gasteiger partial charge in [0.2, 0.25) is 0 Å². The normalized spacial score (nSPS) is 10.1. The van der Waals surface area contributed by atoms with Crippen LogP contribution < -0.4 is 4.74 Å². The van der Waals surface area contributed by atoms with Gasteiger partial charge in [0.1, 0.15) is 5.75 Å². The lowest BCUT2D eigenvalue weighted by molar-refractivity contribution is -0.385. The van der Waals surface area contributed by atoms with E-state index in [-0.39, 0.29) is 11.4 Å². The number of non-ortho nitro benzene ring substituents is 1. The second-order valence-electron chi connectivity index (χ2n) is 2.05. The summed E-state index contributed by atoms with van der Waals surface area (Å²) >= 11 is 0. The highest BCUT2D eigenvalue weighted by atomic mass is 19.3. The van der Waals surface area contributed by atoms with Gasteiger partial charge in [0.25, 0.3) is 5.69 Å². The van der Waals surface area contributed by atoms with Gasteiger partial charge in [0.15, 0.2) is 0 Å². The van der Waals surface area contributed by atoms with Crippen molar-refractivity contribution < 1.29 is 18.4 Å². The van der Waals surface area contributed by atoms with E-state index in [2.05, 4.69) is 10.8 Å². The van der Waals surface area contributed by atoms with Gasteiger partial charge in [-0.1, -0.05) is 0 Å². The Kier molecular flexibility index (Phi) is 2.73. The van der Waals surface area contributed by atoms with Crippen molar-refractivity contribution in [2.24, 2.45) is 0 Å². The molecule has 0 amide bonds. The number of nitro benzene ring substituents is 1. The van der Waals surface area contributed by atoms with Crippen LogP contribution in [0.2, 0.25) is 0 Å². The summed E-state index contributed by atoms with van der Waals surface area (Å²) in [6.07, 6.45) is 0. The SMILES string of the molecule is O=[N+]([O-])c1cc[c]c(OC(F)F)c1. The van der Waals surface area contributed by atoms with E-state index in [4.69, 9.17) is 0 Å². The van der Waals surface area contributed by atoms with Crippen LogP contribution >= 0.6 is 0 Å². The zero-order valence-electron chi connectivity index (χ0n) is 6.24. The van der Waals surface area contributed by atoms with Gasteiger partial charge in [-0.05, 0) is 6.07 Å². The standard InChI is InChI=1S/C7H4F2NO3/c8-7(9)13-6-3-1-2-5(4-6)10(11)12/h1-2,4,7H. The lowest BCUT2D eigenvalue weighted by atomic mass is 10.3. The summed E-state index contributed by atoms with van der Waals surface area (Å²) in [5.41, 5.74) is -0.311. The highest BCUT2D eigenvalue weighted by Gasteiger charge is 2.09. The summed E-state index contributed by atoms with van der Waals surface area (Å²) in [4.78, 5) is 9.49. The molecule has 0 aromatic heterocycles. The Morgan fingerprint density at radius 1 is 1.62 bits per heavy atom. The van der Waals surface area contributed by atoms with Crippen LogP contribution in [0.25, 0.3) is 0 Å². The average Bonchev–Trinajstić information content (AvgIpc) is 2.03. The number of hydrogen-bond acceptors (Lipinski definition) is 3. The van der Waals surface area contributed by atoms with E-state index in [0.717, 1.165) is 18.2 Å². The predicted molar refractivity (Wildman–Crippen MR) is 38.6 cm³/mol. The number of nitro groups is 1. The minimum Gasteiger partial charge on any atom is -0.434 e. The molecule has 0 saturated carbocycles. The Labute approximate surface area is 71.9 Å². The monoisotopic (exact) mass is 188 g/mol. The first kappa shape index (κ1) is 9.37. The molecule has 4 nitrogen and oxygen atoms in total. The van der Waals surface area contributed by atoms with Crippen molar-refractivity contribution >= 4 is 5.69 Å². The maximum Gasteiger partial charge on any atom is 0.387 e. The minimum absolute atomic E-state index is 0.311. The van der Waals surface area contributed by atoms with Gasteiger partial charge < -0.3 is 4.74 Å². The fourth-order valence-corrected chi connectivity index (χ4v) is 0.711. The molecule has 13 heavy (non-hydrogen) atoms. The third-order valence-corrected chi connectivity index (χ3v) is 1.19. The Bertz CT molecular complexity index is 316. The molecule has 0 spiro atoms. The van der Waals surface area contributed by atoms with Crippen LogP contribution in [0, 0.1) is 16.2 Å². The van der Waals surface area contributed by atoms with Crippen molar-refractivity contribution in [1.82, 2.24) is 0 Å². The van der Waals surface area contributed by atoms with Crippen molar-refractivity contribution in [2.75, 3.05) is 0 Å². The molecule has 0 heterocycles. The van der Waals surface area contributed by atoms with E-state index in [0.29, 0.717) is 0 Å². The number of hydrogen-bond donors (Lipinski definition) is 0. The quantitative estimate of drug-likeness (QED) is 0.538. The van der Waals surface area contributed by atoms with Gasteiger partial charge in [-0.3, -0.25) is 10.1 Å². The van der Waals surface area contributed by atoms with Crippen LogP contribution in [0.15, 0.2) is 18.2 Å². The first-order valence-electron chi connectivity index (χ1n) is 3.20. The largest absolute Gasteiger partial charge is 0.434 e. The molecule has 1 aromatic carbocycles. The van der Waals surface area contributed by atoms with E-state index in [1.165, 1.54) is 0 Å². The van der Waals surface area contributed by atoms with Crippen molar-refractivity contribution in [3.05, 3.63) is 34.4 Å². The van der Waals surface area contributed by atoms with Crippen molar-refractivity contribution in [3.63, 3.8) is 0 Å². The molecular formula is C7H4F2NO3. The fourth-order valence-electron chi connectivity index (χ4n) is 0.711. The van der Waals surface area contributed by atoms with Crippen LogP contribution in [0.5, 0.6) is 5.75 Å². The third kappa shape index (κ3) is 2.66. The van der Waals surface area contributed by atoms with Crippen molar-refractivity contribution in [1.29, 1.82) is 0 Å². The maximum atomic E-state index is 11.6. The molecule has 0 aliphatic heterocycles. The Balaban J connectivity index is 2.85. The number of alkyl halides is 2. The fraction of sp³-hybridized carbons (Fsp3) is 0.143. The molecule has 0 N–H and O–H groups in total. The molecule has 1 aromatic rings.